The Morgan fingerprint density at radius 1 is 1.02 bits per heavy atom. The summed E-state index contributed by atoms with van der Waals surface area (Å²) in [4.78, 5) is 35.1. The fraction of sp³-hybridized carbons (Fsp3) is 0.324. The first-order valence-corrected chi connectivity index (χ1v) is 14.9. The summed E-state index contributed by atoms with van der Waals surface area (Å²) in [6, 6.07) is 18.5. The van der Waals surface area contributed by atoms with Crippen LogP contribution in [-0.4, -0.2) is 59.3 Å². The number of carbonyl (C=O) groups is 1. The number of ether oxygens (including phenoxy) is 2. The number of benzene rings is 3. The van der Waals surface area contributed by atoms with Gasteiger partial charge in [-0.2, -0.15) is 4.98 Å². The lowest BCUT2D eigenvalue weighted by molar-refractivity contribution is -0.384. The number of aromatic nitrogens is 2. The second kappa shape index (κ2) is 14.1. The Balaban J connectivity index is 1.46. The minimum atomic E-state index is -1.06. The van der Waals surface area contributed by atoms with Crippen LogP contribution in [0.15, 0.2) is 72.9 Å². The lowest BCUT2D eigenvalue weighted by Gasteiger charge is -2.31. The number of non-ortho nitro benzene ring substituents is 1. The van der Waals surface area contributed by atoms with Crippen molar-refractivity contribution in [1.29, 1.82) is 0 Å². The number of methoxy groups -OCH3 is 2. The number of anilines is 2. The highest BCUT2D eigenvalue weighted by Gasteiger charge is 2.25. The van der Waals surface area contributed by atoms with Crippen LogP contribution in [0.3, 0.4) is 0 Å². The molecule has 0 amide bonds. The molecule has 234 valence electrons. The summed E-state index contributed by atoms with van der Waals surface area (Å²) < 4.78 is 11.1. The molecule has 2 N–H and O–H groups in total. The van der Waals surface area contributed by atoms with Gasteiger partial charge in [0.15, 0.2) is 0 Å². The van der Waals surface area contributed by atoms with E-state index in [1.165, 1.54) is 18.6 Å². The number of nitrogens with zero attached hydrogens (tertiary/aromatic N) is 4. The Kier molecular flexibility index (Phi) is 9.76. The van der Waals surface area contributed by atoms with Crippen LogP contribution in [0.2, 0.25) is 0 Å². The van der Waals surface area contributed by atoms with Gasteiger partial charge in [0.25, 0.3) is 5.69 Å². The average Bonchev–Trinajstić information content (AvgIpc) is 3.08. The molecule has 1 aliphatic rings. The zero-order valence-corrected chi connectivity index (χ0v) is 25.6. The van der Waals surface area contributed by atoms with Gasteiger partial charge in [-0.1, -0.05) is 61.7 Å². The number of nitrogens with one attached hydrogen (secondary N) is 1. The van der Waals surface area contributed by atoms with Crippen molar-refractivity contribution >= 4 is 23.4 Å². The van der Waals surface area contributed by atoms with Gasteiger partial charge in [-0.05, 0) is 41.7 Å². The summed E-state index contributed by atoms with van der Waals surface area (Å²) in [5.74, 6) is 1.04. The predicted octanol–water partition coefficient (Wildman–Crippen LogP) is 6.61. The molecule has 1 aromatic heterocycles. The third kappa shape index (κ3) is 7.14. The van der Waals surface area contributed by atoms with Crippen molar-refractivity contribution < 1.29 is 24.3 Å². The van der Waals surface area contributed by atoms with Crippen molar-refractivity contribution in [3.05, 3.63) is 88.6 Å². The summed E-state index contributed by atoms with van der Waals surface area (Å²) in [5.41, 5.74) is 3.37. The third-order valence-electron chi connectivity index (χ3n) is 8.30. The number of hydrogen-bond donors (Lipinski definition) is 2. The molecule has 1 aliphatic carbocycles. The zero-order chi connectivity index (χ0) is 31.9. The largest absolute Gasteiger partial charge is 0.496 e. The van der Waals surface area contributed by atoms with E-state index in [-0.39, 0.29) is 18.2 Å². The molecule has 0 saturated heterocycles. The average molecular weight is 612 g/mol. The number of carboxylic acid groups (broad SMARTS) is 1. The van der Waals surface area contributed by atoms with Crippen molar-refractivity contribution in [2.75, 3.05) is 31.5 Å². The Morgan fingerprint density at radius 3 is 2.31 bits per heavy atom. The van der Waals surface area contributed by atoms with Crippen LogP contribution in [0.5, 0.6) is 11.5 Å². The van der Waals surface area contributed by atoms with E-state index >= 15 is 0 Å². The number of hydrogen-bond acceptors (Lipinski definition) is 9. The molecule has 1 saturated carbocycles. The SMILES string of the molecule is COc1cccc(OC)c1-c1ccc(C[C@H](Nc2nc(N(C)C3CCCCC3)ncc2-c2cccc([N+](=O)[O-])c2)C(=O)O)cc1. The highest BCUT2D eigenvalue weighted by molar-refractivity contribution is 5.83. The number of carboxylic acids is 1. The molecular weight excluding hydrogens is 574 g/mol. The molecule has 0 aliphatic heterocycles. The number of aliphatic carboxylic acids is 1. The van der Waals surface area contributed by atoms with E-state index in [1.807, 2.05) is 54.4 Å². The summed E-state index contributed by atoms with van der Waals surface area (Å²) in [6.07, 6.45) is 7.30. The summed E-state index contributed by atoms with van der Waals surface area (Å²) in [5, 5.41) is 24.9. The van der Waals surface area contributed by atoms with E-state index in [4.69, 9.17) is 14.5 Å². The van der Waals surface area contributed by atoms with Gasteiger partial charge in [-0.3, -0.25) is 10.1 Å². The van der Waals surface area contributed by atoms with Gasteiger partial charge in [0.2, 0.25) is 5.95 Å². The molecule has 0 radical (unpaired) electrons. The van der Waals surface area contributed by atoms with Crippen molar-refractivity contribution in [2.24, 2.45) is 0 Å². The first kappa shape index (κ1) is 31.2. The Morgan fingerprint density at radius 2 is 1.69 bits per heavy atom. The van der Waals surface area contributed by atoms with Crippen LogP contribution in [0.25, 0.3) is 22.3 Å². The van der Waals surface area contributed by atoms with Gasteiger partial charge in [-0.25, -0.2) is 9.78 Å². The molecule has 0 bridgehead atoms. The molecule has 3 aromatic carbocycles. The molecule has 1 atom stereocenters. The fourth-order valence-corrected chi connectivity index (χ4v) is 5.83. The highest BCUT2D eigenvalue weighted by Crippen LogP contribution is 2.38. The lowest BCUT2D eigenvalue weighted by Crippen LogP contribution is -2.35. The van der Waals surface area contributed by atoms with E-state index in [1.54, 1.807) is 32.5 Å². The first-order chi connectivity index (χ1) is 21.8. The Hall–Kier alpha value is -5.19. The zero-order valence-electron chi connectivity index (χ0n) is 25.6. The molecule has 0 unspecified atom stereocenters. The smallest absolute Gasteiger partial charge is 0.326 e. The Bertz CT molecular complexity index is 1630. The second-order valence-corrected chi connectivity index (χ2v) is 11.1. The molecule has 45 heavy (non-hydrogen) atoms. The van der Waals surface area contributed by atoms with Crippen LogP contribution in [0, 0.1) is 10.1 Å². The van der Waals surface area contributed by atoms with Crippen LogP contribution in [0.1, 0.15) is 37.7 Å². The molecular formula is C34H37N5O6. The molecule has 4 aromatic rings. The summed E-state index contributed by atoms with van der Waals surface area (Å²) in [7, 11) is 5.15. The van der Waals surface area contributed by atoms with Crippen LogP contribution < -0.4 is 19.7 Å². The van der Waals surface area contributed by atoms with Crippen molar-refractivity contribution in [3.8, 4) is 33.8 Å². The highest BCUT2D eigenvalue weighted by atomic mass is 16.6. The lowest BCUT2D eigenvalue weighted by atomic mass is 9.95. The fourth-order valence-electron chi connectivity index (χ4n) is 5.83. The van der Waals surface area contributed by atoms with Crippen LogP contribution in [0.4, 0.5) is 17.5 Å². The summed E-state index contributed by atoms with van der Waals surface area (Å²) in [6.45, 7) is 0. The topological polar surface area (TPSA) is 140 Å². The van der Waals surface area contributed by atoms with Gasteiger partial charge < -0.3 is 24.8 Å². The minimum absolute atomic E-state index is 0.0802. The van der Waals surface area contributed by atoms with Crippen molar-refractivity contribution in [1.82, 2.24) is 9.97 Å². The van der Waals surface area contributed by atoms with Gasteiger partial charge in [0.1, 0.15) is 23.4 Å². The van der Waals surface area contributed by atoms with Gasteiger partial charge in [0, 0.05) is 43.4 Å². The number of nitro benzene ring substituents is 1. The summed E-state index contributed by atoms with van der Waals surface area (Å²) >= 11 is 0. The van der Waals surface area contributed by atoms with Crippen molar-refractivity contribution in [3.63, 3.8) is 0 Å². The van der Waals surface area contributed by atoms with E-state index in [0.717, 1.165) is 42.4 Å². The van der Waals surface area contributed by atoms with Gasteiger partial charge in [0.05, 0.1) is 24.7 Å². The molecule has 1 heterocycles. The van der Waals surface area contributed by atoms with Gasteiger partial charge in [-0.15, -0.1) is 0 Å². The predicted molar refractivity (Wildman–Crippen MR) is 173 cm³/mol. The quantitative estimate of drug-likeness (QED) is 0.133. The number of nitro groups is 1. The van der Waals surface area contributed by atoms with E-state index in [2.05, 4.69) is 10.3 Å². The van der Waals surface area contributed by atoms with Crippen LogP contribution in [-0.2, 0) is 11.2 Å². The molecule has 5 rings (SSSR count). The van der Waals surface area contributed by atoms with E-state index in [9.17, 15) is 20.0 Å². The molecule has 0 spiro atoms. The number of rotatable bonds is 12. The second-order valence-electron chi connectivity index (χ2n) is 11.1. The maximum atomic E-state index is 12.6. The first-order valence-electron chi connectivity index (χ1n) is 14.9. The standard InChI is InChI=1S/C34H37N5O6/c1-38(25-10-5-4-6-11-25)34-35-21-27(24-9-7-12-26(20-24)39(42)43)32(37-34)36-28(33(40)41)19-22-15-17-23(18-16-22)31-29(44-2)13-8-14-30(31)45-3/h7-9,12-18,20-21,25,28H,4-6,10-11,19H2,1-3H3,(H,40,41)(H,35,36,37)/t28-/m0/s1. The maximum Gasteiger partial charge on any atom is 0.326 e. The molecule has 11 heteroatoms. The molecule has 1 fully saturated rings. The van der Waals surface area contributed by atoms with E-state index in [0.29, 0.717) is 34.4 Å². The molecule has 11 nitrogen and oxygen atoms in total. The Labute approximate surface area is 262 Å². The monoisotopic (exact) mass is 611 g/mol. The van der Waals surface area contributed by atoms with Gasteiger partial charge >= 0.3 is 5.97 Å². The normalized spacial score (nSPS) is 13.9. The third-order valence-corrected chi connectivity index (χ3v) is 8.30. The van der Waals surface area contributed by atoms with Crippen molar-refractivity contribution in [2.45, 2.75) is 50.6 Å². The maximum absolute atomic E-state index is 12.6. The van der Waals surface area contributed by atoms with E-state index < -0.39 is 16.9 Å². The minimum Gasteiger partial charge on any atom is -0.496 e. The van der Waals surface area contributed by atoms with Crippen LogP contribution >= 0.6 is 0 Å².